The number of carbonyl (C=O) groups is 1. The zero-order chi connectivity index (χ0) is 21.3. The third-order valence-electron chi connectivity index (χ3n) is 4.28. The van der Waals surface area contributed by atoms with Crippen LogP contribution in [0, 0.1) is 11.6 Å². The molecule has 30 heavy (non-hydrogen) atoms. The Hall–Kier alpha value is -3.48. The summed E-state index contributed by atoms with van der Waals surface area (Å²) in [6.07, 6.45) is 2.12. The maximum Gasteiger partial charge on any atom is 0.220 e. The molecule has 0 aliphatic heterocycles. The molecular weight excluding hydrogens is 390 g/mol. The Morgan fingerprint density at radius 3 is 2.47 bits per heavy atom. The van der Waals surface area contributed by atoms with E-state index in [2.05, 4.69) is 10.3 Å². The molecule has 0 saturated carbocycles. The van der Waals surface area contributed by atoms with E-state index in [0.717, 1.165) is 17.7 Å². The lowest BCUT2D eigenvalue weighted by Crippen LogP contribution is -2.23. The smallest absolute Gasteiger partial charge is 0.220 e. The summed E-state index contributed by atoms with van der Waals surface area (Å²) in [5.74, 6) is -0.375. The number of hydrogen-bond acceptors (Lipinski definition) is 4. The number of aryl methyl sites for hydroxylation is 1. The first-order chi connectivity index (χ1) is 14.5. The van der Waals surface area contributed by atoms with Crippen LogP contribution in [0.15, 0.2) is 60.8 Å². The molecule has 1 N–H and O–H groups in total. The van der Waals surface area contributed by atoms with Crippen molar-refractivity contribution in [1.82, 2.24) is 10.3 Å². The Bertz CT molecular complexity index is 994. The molecule has 3 rings (SSSR count). The fourth-order valence-electron chi connectivity index (χ4n) is 2.74. The van der Waals surface area contributed by atoms with Gasteiger partial charge in [-0.2, -0.15) is 0 Å². The van der Waals surface area contributed by atoms with Gasteiger partial charge in [-0.05, 0) is 48.7 Å². The van der Waals surface area contributed by atoms with Crippen molar-refractivity contribution < 1.29 is 23.0 Å². The van der Waals surface area contributed by atoms with Crippen LogP contribution in [0.25, 0.3) is 0 Å². The quantitative estimate of drug-likeness (QED) is 0.549. The lowest BCUT2D eigenvalue weighted by atomic mass is 10.1. The molecule has 0 bridgehead atoms. The van der Waals surface area contributed by atoms with Crippen molar-refractivity contribution in [2.45, 2.75) is 26.3 Å². The number of nitrogens with zero attached hydrogens (tertiary/aromatic N) is 1. The minimum atomic E-state index is -0.912. The summed E-state index contributed by atoms with van der Waals surface area (Å²) in [5.41, 5.74) is 1.38. The molecule has 5 nitrogen and oxygen atoms in total. The summed E-state index contributed by atoms with van der Waals surface area (Å²) in [6, 6.07) is 14.5. The third kappa shape index (κ3) is 6.01. The number of nitrogens with one attached hydrogen (secondary N) is 1. The summed E-state index contributed by atoms with van der Waals surface area (Å²) in [5, 5.41) is 2.78. The normalized spacial score (nSPS) is 10.5. The molecule has 0 atom stereocenters. The van der Waals surface area contributed by atoms with Crippen molar-refractivity contribution in [3.8, 4) is 17.4 Å². The van der Waals surface area contributed by atoms with Crippen LogP contribution in [0.1, 0.15) is 24.5 Å². The van der Waals surface area contributed by atoms with E-state index in [1.807, 2.05) is 25.1 Å². The maximum atomic E-state index is 13.2. The average Bonchev–Trinajstić information content (AvgIpc) is 2.75. The second kappa shape index (κ2) is 10.3. The molecule has 0 aliphatic carbocycles. The van der Waals surface area contributed by atoms with Crippen LogP contribution >= 0.6 is 0 Å². The topological polar surface area (TPSA) is 60.5 Å². The van der Waals surface area contributed by atoms with Crippen molar-refractivity contribution in [3.63, 3.8) is 0 Å². The van der Waals surface area contributed by atoms with Crippen molar-refractivity contribution in [2.24, 2.45) is 0 Å². The van der Waals surface area contributed by atoms with Gasteiger partial charge in [0, 0.05) is 25.2 Å². The molecule has 1 aromatic heterocycles. The predicted octanol–water partition coefficient (Wildman–Crippen LogP) is 4.80. The van der Waals surface area contributed by atoms with Gasteiger partial charge in [-0.25, -0.2) is 13.8 Å². The van der Waals surface area contributed by atoms with Gasteiger partial charge in [0.15, 0.2) is 23.1 Å². The number of benzene rings is 2. The molecule has 0 saturated heterocycles. The molecule has 7 heteroatoms. The van der Waals surface area contributed by atoms with Crippen LogP contribution in [-0.2, 0) is 17.8 Å². The second-order valence-corrected chi connectivity index (χ2v) is 6.51. The van der Waals surface area contributed by atoms with E-state index in [1.54, 1.807) is 24.4 Å². The van der Waals surface area contributed by atoms with Crippen LogP contribution in [-0.4, -0.2) is 17.5 Å². The Morgan fingerprint density at radius 1 is 1.00 bits per heavy atom. The minimum absolute atomic E-state index is 0.175. The average molecular weight is 412 g/mol. The van der Waals surface area contributed by atoms with Gasteiger partial charge in [0.2, 0.25) is 11.8 Å². The Kier molecular flexibility index (Phi) is 7.32. The molecule has 3 aromatic rings. The van der Waals surface area contributed by atoms with Crippen molar-refractivity contribution >= 4 is 5.91 Å². The molecule has 0 radical (unpaired) electrons. The fraction of sp³-hybridized carbons (Fsp3) is 0.217. The lowest BCUT2D eigenvalue weighted by molar-refractivity contribution is -0.121. The number of carbonyl (C=O) groups excluding carboxylic acids is 1. The Balaban J connectivity index is 1.48. The standard InChI is InChI=1S/C23H22F2N2O3/c1-2-29-20-5-3-4-6-21(20)30-23-12-9-17(15-27-23)14-26-22(28)11-8-16-7-10-18(24)19(25)13-16/h3-7,9-10,12-13,15H,2,8,11,14H2,1H3,(H,26,28). The third-order valence-corrected chi connectivity index (χ3v) is 4.28. The van der Waals surface area contributed by atoms with Crippen molar-refractivity contribution in [2.75, 3.05) is 6.61 Å². The molecule has 0 aliphatic rings. The SMILES string of the molecule is CCOc1ccccc1Oc1ccc(CNC(=O)CCc2ccc(F)c(F)c2)cn1. The predicted molar refractivity (Wildman–Crippen MR) is 108 cm³/mol. The van der Waals surface area contributed by atoms with E-state index in [0.29, 0.717) is 42.5 Å². The van der Waals surface area contributed by atoms with Crippen LogP contribution in [0.2, 0.25) is 0 Å². The molecule has 1 heterocycles. The summed E-state index contributed by atoms with van der Waals surface area (Å²) >= 11 is 0. The number of para-hydroxylation sites is 2. The van der Waals surface area contributed by atoms with Gasteiger partial charge >= 0.3 is 0 Å². The highest BCUT2D eigenvalue weighted by Crippen LogP contribution is 2.30. The second-order valence-electron chi connectivity index (χ2n) is 6.51. The Morgan fingerprint density at radius 2 is 1.77 bits per heavy atom. The van der Waals surface area contributed by atoms with Gasteiger partial charge < -0.3 is 14.8 Å². The van der Waals surface area contributed by atoms with Gasteiger partial charge in [-0.3, -0.25) is 4.79 Å². The lowest BCUT2D eigenvalue weighted by Gasteiger charge is -2.11. The number of amides is 1. The first kappa shape index (κ1) is 21.2. The molecule has 1 amide bonds. The number of ether oxygens (including phenoxy) is 2. The summed E-state index contributed by atoms with van der Waals surface area (Å²) < 4.78 is 37.4. The molecular formula is C23H22F2N2O3. The van der Waals surface area contributed by atoms with Gasteiger partial charge in [0.25, 0.3) is 0 Å². The summed E-state index contributed by atoms with van der Waals surface area (Å²) in [6.45, 7) is 2.73. The zero-order valence-corrected chi connectivity index (χ0v) is 16.5. The highest BCUT2D eigenvalue weighted by Gasteiger charge is 2.08. The van der Waals surface area contributed by atoms with E-state index in [9.17, 15) is 13.6 Å². The molecule has 156 valence electrons. The number of halogens is 2. The largest absolute Gasteiger partial charge is 0.490 e. The van der Waals surface area contributed by atoms with Gasteiger partial charge in [-0.1, -0.05) is 24.3 Å². The first-order valence-electron chi connectivity index (χ1n) is 9.60. The summed E-state index contributed by atoms with van der Waals surface area (Å²) in [7, 11) is 0. The van der Waals surface area contributed by atoms with Gasteiger partial charge in [0.05, 0.1) is 6.61 Å². The van der Waals surface area contributed by atoms with Gasteiger partial charge in [0.1, 0.15) is 0 Å². The fourth-order valence-corrected chi connectivity index (χ4v) is 2.74. The van der Waals surface area contributed by atoms with E-state index in [-0.39, 0.29) is 12.3 Å². The Labute approximate surface area is 173 Å². The molecule has 0 unspecified atom stereocenters. The molecule has 0 spiro atoms. The van der Waals surface area contributed by atoms with E-state index >= 15 is 0 Å². The number of aromatic nitrogens is 1. The van der Waals surface area contributed by atoms with Crippen LogP contribution in [0.4, 0.5) is 8.78 Å². The van der Waals surface area contributed by atoms with Crippen molar-refractivity contribution in [3.05, 3.63) is 83.6 Å². The molecule has 2 aromatic carbocycles. The molecule has 0 fully saturated rings. The van der Waals surface area contributed by atoms with E-state index < -0.39 is 11.6 Å². The number of pyridine rings is 1. The number of hydrogen-bond donors (Lipinski definition) is 1. The first-order valence-corrected chi connectivity index (χ1v) is 9.60. The highest BCUT2D eigenvalue weighted by atomic mass is 19.2. The van der Waals surface area contributed by atoms with Gasteiger partial charge in [-0.15, -0.1) is 0 Å². The zero-order valence-electron chi connectivity index (χ0n) is 16.5. The monoisotopic (exact) mass is 412 g/mol. The minimum Gasteiger partial charge on any atom is -0.490 e. The van der Waals surface area contributed by atoms with Crippen molar-refractivity contribution in [1.29, 1.82) is 0 Å². The summed E-state index contributed by atoms with van der Waals surface area (Å²) in [4.78, 5) is 16.3. The highest BCUT2D eigenvalue weighted by molar-refractivity contribution is 5.76. The van der Waals surface area contributed by atoms with E-state index in [1.165, 1.54) is 6.07 Å². The maximum absolute atomic E-state index is 13.2. The van der Waals surface area contributed by atoms with Crippen LogP contribution in [0.3, 0.4) is 0 Å². The van der Waals surface area contributed by atoms with Crippen LogP contribution < -0.4 is 14.8 Å². The van der Waals surface area contributed by atoms with E-state index in [4.69, 9.17) is 9.47 Å². The van der Waals surface area contributed by atoms with Crippen LogP contribution in [0.5, 0.6) is 17.4 Å². The number of rotatable bonds is 9.